The lowest BCUT2D eigenvalue weighted by Crippen LogP contribution is -2.07. The van der Waals surface area contributed by atoms with Crippen molar-refractivity contribution in [1.82, 2.24) is 10.1 Å². The van der Waals surface area contributed by atoms with Crippen LogP contribution in [-0.2, 0) is 16.1 Å². The van der Waals surface area contributed by atoms with Crippen LogP contribution in [0, 0.1) is 11.3 Å². The van der Waals surface area contributed by atoms with Gasteiger partial charge in [0.1, 0.15) is 17.4 Å². The number of methoxy groups -OCH3 is 1. The van der Waals surface area contributed by atoms with E-state index in [9.17, 15) is 10.1 Å². The molecule has 0 fully saturated rings. The molecule has 0 aliphatic rings. The first kappa shape index (κ1) is 19.1. The average Bonchev–Trinajstić information content (AvgIpc) is 3.20. The number of ether oxygens (including phenoxy) is 2. The summed E-state index contributed by atoms with van der Waals surface area (Å²) < 4.78 is 15.2. The fourth-order valence-electron chi connectivity index (χ4n) is 2.27. The van der Waals surface area contributed by atoms with Crippen LogP contribution in [-0.4, -0.2) is 23.2 Å². The summed E-state index contributed by atoms with van der Waals surface area (Å²) in [5.41, 5.74) is 1.18. The van der Waals surface area contributed by atoms with Crippen LogP contribution in [0.15, 0.2) is 58.6 Å². The molecule has 0 N–H and O–H groups in total. The molecule has 2 aromatic carbocycles. The molecule has 140 valence electrons. The summed E-state index contributed by atoms with van der Waals surface area (Å²) in [6.07, 6.45) is 1.42. The SMILES string of the molecule is COc1ccc(/C=C(\C#N)C(=O)OCc2nc(-c3cccc(Cl)c3)no2)cc1. The van der Waals surface area contributed by atoms with Crippen molar-refractivity contribution in [1.29, 1.82) is 5.26 Å². The molecule has 0 aliphatic carbocycles. The van der Waals surface area contributed by atoms with Crippen LogP contribution in [0.4, 0.5) is 0 Å². The van der Waals surface area contributed by atoms with Gasteiger partial charge in [0.05, 0.1) is 7.11 Å². The molecular weight excluding hydrogens is 382 g/mol. The van der Waals surface area contributed by atoms with E-state index in [-0.39, 0.29) is 18.1 Å². The van der Waals surface area contributed by atoms with E-state index < -0.39 is 5.97 Å². The fourth-order valence-corrected chi connectivity index (χ4v) is 2.46. The van der Waals surface area contributed by atoms with Crippen LogP contribution in [0.25, 0.3) is 17.5 Å². The zero-order valence-corrected chi connectivity index (χ0v) is 15.5. The van der Waals surface area contributed by atoms with Crippen molar-refractivity contribution in [3.05, 3.63) is 70.6 Å². The highest BCUT2D eigenvalue weighted by atomic mass is 35.5. The Labute approximate surface area is 165 Å². The summed E-state index contributed by atoms with van der Waals surface area (Å²) >= 11 is 5.94. The molecule has 0 radical (unpaired) electrons. The number of nitrogens with zero attached hydrogens (tertiary/aromatic N) is 3. The zero-order chi connectivity index (χ0) is 19.9. The van der Waals surface area contributed by atoms with Crippen molar-refractivity contribution in [2.24, 2.45) is 0 Å². The first-order chi connectivity index (χ1) is 13.6. The largest absolute Gasteiger partial charge is 0.497 e. The third-order valence-corrected chi connectivity index (χ3v) is 3.88. The van der Waals surface area contributed by atoms with Gasteiger partial charge < -0.3 is 14.0 Å². The van der Waals surface area contributed by atoms with E-state index in [2.05, 4.69) is 10.1 Å². The van der Waals surface area contributed by atoms with E-state index in [1.54, 1.807) is 55.6 Å². The molecule has 1 heterocycles. The molecule has 0 bridgehead atoms. The van der Waals surface area contributed by atoms with Gasteiger partial charge in [0.25, 0.3) is 5.89 Å². The summed E-state index contributed by atoms with van der Waals surface area (Å²) in [7, 11) is 1.55. The number of benzene rings is 2. The van der Waals surface area contributed by atoms with E-state index in [0.717, 1.165) is 0 Å². The molecule has 0 aliphatic heterocycles. The van der Waals surface area contributed by atoms with Crippen LogP contribution in [0.1, 0.15) is 11.5 Å². The number of halogens is 1. The topological polar surface area (TPSA) is 98.2 Å². The highest BCUT2D eigenvalue weighted by molar-refractivity contribution is 6.30. The maximum absolute atomic E-state index is 12.2. The van der Waals surface area contributed by atoms with Crippen LogP contribution in [0.5, 0.6) is 5.75 Å². The molecule has 0 saturated heterocycles. The third kappa shape index (κ3) is 4.75. The molecule has 0 amide bonds. The van der Waals surface area contributed by atoms with Gasteiger partial charge in [0.15, 0.2) is 6.61 Å². The molecule has 0 spiro atoms. The van der Waals surface area contributed by atoms with E-state index >= 15 is 0 Å². The Hall–Kier alpha value is -3.63. The van der Waals surface area contributed by atoms with Gasteiger partial charge in [0, 0.05) is 10.6 Å². The maximum Gasteiger partial charge on any atom is 0.349 e. The van der Waals surface area contributed by atoms with Crippen LogP contribution >= 0.6 is 11.6 Å². The average molecular weight is 396 g/mol. The minimum Gasteiger partial charge on any atom is -0.497 e. The van der Waals surface area contributed by atoms with Crippen molar-refractivity contribution < 1.29 is 18.8 Å². The lowest BCUT2D eigenvalue weighted by Gasteiger charge is -2.02. The standard InChI is InChI=1S/C20H14ClN3O4/c1-26-17-7-5-13(6-8-17)9-15(11-22)20(25)27-12-18-23-19(24-28-18)14-3-2-4-16(21)10-14/h2-10H,12H2,1H3/b15-9+. The number of carbonyl (C=O) groups excluding carboxylic acids is 1. The predicted octanol–water partition coefficient (Wildman–Crippen LogP) is 4.05. The Morgan fingerprint density at radius 2 is 2.07 bits per heavy atom. The van der Waals surface area contributed by atoms with Gasteiger partial charge in [-0.1, -0.05) is 41.0 Å². The van der Waals surface area contributed by atoms with Gasteiger partial charge in [0.2, 0.25) is 5.82 Å². The van der Waals surface area contributed by atoms with Crippen molar-refractivity contribution in [2.75, 3.05) is 7.11 Å². The Balaban J connectivity index is 1.65. The minimum atomic E-state index is -0.791. The Kier molecular flexibility index (Phi) is 6.04. The molecule has 3 aromatic rings. The second-order valence-corrected chi connectivity index (χ2v) is 5.98. The molecule has 3 rings (SSSR count). The van der Waals surface area contributed by atoms with Crippen LogP contribution < -0.4 is 4.74 Å². The maximum atomic E-state index is 12.2. The first-order valence-electron chi connectivity index (χ1n) is 8.10. The van der Waals surface area contributed by atoms with Crippen molar-refractivity contribution >= 4 is 23.6 Å². The Morgan fingerprint density at radius 1 is 1.29 bits per heavy atom. The number of rotatable bonds is 6. The monoisotopic (exact) mass is 395 g/mol. The number of nitriles is 1. The quantitative estimate of drug-likeness (QED) is 0.352. The molecule has 0 atom stereocenters. The van der Waals surface area contributed by atoms with Crippen molar-refractivity contribution in [3.63, 3.8) is 0 Å². The van der Waals surface area contributed by atoms with Gasteiger partial charge in [-0.3, -0.25) is 0 Å². The van der Waals surface area contributed by atoms with E-state index in [1.807, 2.05) is 6.07 Å². The van der Waals surface area contributed by atoms with Gasteiger partial charge in [-0.2, -0.15) is 10.2 Å². The summed E-state index contributed by atoms with van der Waals surface area (Å²) in [5.74, 6) is 0.304. The molecule has 8 heteroatoms. The van der Waals surface area contributed by atoms with Gasteiger partial charge in [-0.15, -0.1) is 0 Å². The number of esters is 1. The predicted molar refractivity (Wildman–Crippen MR) is 101 cm³/mol. The highest BCUT2D eigenvalue weighted by Crippen LogP contribution is 2.20. The molecule has 0 saturated carbocycles. The van der Waals surface area contributed by atoms with E-state index in [0.29, 0.717) is 27.7 Å². The molecule has 28 heavy (non-hydrogen) atoms. The Morgan fingerprint density at radius 3 is 2.75 bits per heavy atom. The first-order valence-corrected chi connectivity index (χ1v) is 8.48. The smallest absolute Gasteiger partial charge is 0.349 e. The van der Waals surface area contributed by atoms with E-state index in [4.69, 9.17) is 25.6 Å². The van der Waals surface area contributed by atoms with Crippen LogP contribution in [0.3, 0.4) is 0 Å². The number of aromatic nitrogens is 2. The third-order valence-electron chi connectivity index (χ3n) is 3.64. The van der Waals surface area contributed by atoms with E-state index in [1.165, 1.54) is 6.08 Å². The zero-order valence-electron chi connectivity index (χ0n) is 14.8. The number of hydrogen-bond acceptors (Lipinski definition) is 7. The second-order valence-electron chi connectivity index (χ2n) is 5.54. The van der Waals surface area contributed by atoms with Crippen LogP contribution in [0.2, 0.25) is 5.02 Å². The second kappa shape index (κ2) is 8.84. The lowest BCUT2D eigenvalue weighted by molar-refractivity contribution is -0.140. The Bertz CT molecular complexity index is 1050. The number of carbonyl (C=O) groups is 1. The minimum absolute atomic E-state index is 0.102. The normalized spacial score (nSPS) is 11.0. The molecule has 0 unspecified atom stereocenters. The van der Waals surface area contributed by atoms with Gasteiger partial charge in [-0.05, 0) is 35.9 Å². The number of hydrogen-bond donors (Lipinski definition) is 0. The van der Waals surface area contributed by atoms with Gasteiger partial charge in [-0.25, -0.2) is 4.79 Å². The molecule has 7 nitrogen and oxygen atoms in total. The summed E-state index contributed by atoms with van der Waals surface area (Å²) in [5, 5.41) is 13.6. The summed E-state index contributed by atoms with van der Waals surface area (Å²) in [4.78, 5) is 16.3. The molecule has 1 aromatic heterocycles. The lowest BCUT2D eigenvalue weighted by atomic mass is 10.1. The molecular formula is C20H14ClN3O4. The summed E-state index contributed by atoms with van der Waals surface area (Å²) in [6.45, 7) is -0.256. The van der Waals surface area contributed by atoms with Gasteiger partial charge >= 0.3 is 5.97 Å². The van der Waals surface area contributed by atoms with Crippen molar-refractivity contribution in [2.45, 2.75) is 6.61 Å². The highest BCUT2D eigenvalue weighted by Gasteiger charge is 2.15. The summed E-state index contributed by atoms with van der Waals surface area (Å²) in [6, 6.07) is 15.7. The van der Waals surface area contributed by atoms with Crippen molar-refractivity contribution in [3.8, 4) is 23.2 Å². The fraction of sp³-hybridized carbons (Fsp3) is 0.100.